The molecule has 108 valence electrons. The average molecular weight is 269 g/mol. The van der Waals surface area contributed by atoms with Crippen LogP contribution >= 0.6 is 0 Å². The van der Waals surface area contributed by atoms with Gasteiger partial charge in [0.2, 0.25) is 0 Å². The second-order valence-electron chi connectivity index (χ2n) is 6.85. The SMILES string of the molecule is CCC[C@]1(C)CC[C@H](CCc2ccc(C#N)cc2)CC1. The molecule has 1 aromatic carbocycles. The molecule has 0 heterocycles. The van der Waals surface area contributed by atoms with E-state index in [0.717, 1.165) is 11.5 Å². The Bertz CT molecular complexity index is 444. The summed E-state index contributed by atoms with van der Waals surface area (Å²) in [6.07, 6.45) is 10.9. The molecule has 20 heavy (non-hydrogen) atoms. The minimum atomic E-state index is 0.625. The lowest BCUT2D eigenvalue weighted by molar-refractivity contribution is 0.151. The molecular formula is C19H27N. The largest absolute Gasteiger partial charge is 0.192 e. The van der Waals surface area contributed by atoms with Gasteiger partial charge >= 0.3 is 0 Å². The highest BCUT2D eigenvalue weighted by atomic mass is 14.3. The van der Waals surface area contributed by atoms with Crippen molar-refractivity contribution < 1.29 is 0 Å². The van der Waals surface area contributed by atoms with E-state index in [4.69, 9.17) is 5.26 Å². The van der Waals surface area contributed by atoms with Gasteiger partial charge in [-0.1, -0.05) is 32.4 Å². The van der Waals surface area contributed by atoms with Crippen LogP contribution in [0.1, 0.15) is 69.9 Å². The Labute approximate surface area is 124 Å². The Morgan fingerprint density at radius 2 is 1.85 bits per heavy atom. The summed E-state index contributed by atoms with van der Waals surface area (Å²) in [4.78, 5) is 0. The lowest BCUT2D eigenvalue weighted by atomic mass is 9.68. The standard InChI is InChI=1S/C19H27N/c1-3-12-19(2)13-10-17(11-14-19)5-4-16-6-8-18(15-20)9-7-16/h6-9,17H,3-5,10-14H2,1-2H3/t17-,19+. The van der Waals surface area contributed by atoms with Crippen LogP contribution in [0, 0.1) is 22.7 Å². The van der Waals surface area contributed by atoms with Gasteiger partial charge in [-0.2, -0.15) is 5.26 Å². The summed E-state index contributed by atoms with van der Waals surface area (Å²) < 4.78 is 0. The third kappa shape index (κ3) is 4.10. The zero-order valence-electron chi connectivity index (χ0n) is 13.0. The molecule has 0 unspecified atom stereocenters. The van der Waals surface area contributed by atoms with Crippen LogP contribution in [0.5, 0.6) is 0 Å². The summed E-state index contributed by atoms with van der Waals surface area (Å²) in [6, 6.07) is 10.3. The van der Waals surface area contributed by atoms with Crippen LogP contribution in [0.2, 0.25) is 0 Å². The second-order valence-corrected chi connectivity index (χ2v) is 6.85. The van der Waals surface area contributed by atoms with Crippen molar-refractivity contribution in [1.82, 2.24) is 0 Å². The van der Waals surface area contributed by atoms with Crippen molar-refractivity contribution in [3.05, 3.63) is 35.4 Å². The van der Waals surface area contributed by atoms with Crippen molar-refractivity contribution in [3.63, 3.8) is 0 Å². The Morgan fingerprint density at radius 3 is 2.40 bits per heavy atom. The lowest BCUT2D eigenvalue weighted by Gasteiger charge is -2.37. The molecular weight excluding hydrogens is 242 g/mol. The van der Waals surface area contributed by atoms with E-state index in [9.17, 15) is 0 Å². The first-order valence-electron chi connectivity index (χ1n) is 8.14. The van der Waals surface area contributed by atoms with E-state index in [1.54, 1.807) is 0 Å². The summed E-state index contributed by atoms with van der Waals surface area (Å²) in [5.41, 5.74) is 2.77. The normalized spacial score (nSPS) is 26.1. The quantitative estimate of drug-likeness (QED) is 0.693. The second kappa shape index (κ2) is 6.93. The fourth-order valence-electron chi connectivity index (χ4n) is 3.63. The van der Waals surface area contributed by atoms with Gasteiger partial charge in [0.05, 0.1) is 11.6 Å². The predicted octanol–water partition coefficient (Wildman–Crippen LogP) is 5.49. The molecule has 1 aliphatic rings. The molecule has 0 radical (unpaired) electrons. The zero-order valence-corrected chi connectivity index (χ0v) is 13.0. The van der Waals surface area contributed by atoms with Crippen molar-refractivity contribution in [3.8, 4) is 6.07 Å². The molecule has 0 N–H and O–H groups in total. The molecule has 1 aliphatic carbocycles. The van der Waals surface area contributed by atoms with Crippen molar-refractivity contribution >= 4 is 0 Å². The summed E-state index contributed by atoms with van der Waals surface area (Å²) in [6.45, 7) is 4.79. The van der Waals surface area contributed by atoms with E-state index in [2.05, 4.69) is 32.0 Å². The van der Waals surface area contributed by atoms with Crippen LogP contribution in [-0.2, 0) is 6.42 Å². The molecule has 0 saturated heterocycles. The van der Waals surface area contributed by atoms with E-state index in [1.165, 1.54) is 56.9 Å². The van der Waals surface area contributed by atoms with Gasteiger partial charge in [-0.15, -0.1) is 0 Å². The molecule has 1 heteroatoms. The number of nitrogens with zero attached hydrogens (tertiary/aromatic N) is 1. The smallest absolute Gasteiger partial charge is 0.0991 e. The van der Waals surface area contributed by atoms with E-state index < -0.39 is 0 Å². The minimum Gasteiger partial charge on any atom is -0.192 e. The van der Waals surface area contributed by atoms with Crippen molar-refractivity contribution in [2.24, 2.45) is 11.3 Å². The maximum atomic E-state index is 8.81. The van der Waals surface area contributed by atoms with Gasteiger partial charge in [-0.25, -0.2) is 0 Å². The highest BCUT2D eigenvalue weighted by Crippen LogP contribution is 2.43. The summed E-state index contributed by atoms with van der Waals surface area (Å²) >= 11 is 0. The highest BCUT2D eigenvalue weighted by molar-refractivity contribution is 5.31. The van der Waals surface area contributed by atoms with Gasteiger partial charge < -0.3 is 0 Å². The molecule has 0 aromatic heterocycles. The summed E-state index contributed by atoms with van der Waals surface area (Å²) in [5, 5.41) is 8.81. The minimum absolute atomic E-state index is 0.625. The van der Waals surface area contributed by atoms with Crippen LogP contribution < -0.4 is 0 Å². The first kappa shape index (κ1) is 15.1. The predicted molar refractivity (Wildman–Crippen MR) is 84.5 cm³/mol. The first-order valence-corrected chi connectivity index (χ1v) is 8.14. The molecule has 1 saturated carbocycles. The topological polar surface area (TPSA) is 23.8 Å². The molecule has 0 aliphatic heterocycles. The Morgan fingerprint density at radius 1 is 1.20 bits per heavy atom. The number of aryl methyl sites for hydroxylation is 1. The van der Waals surface area contributed by atoms with Crippen molar-refractivity contribution in [1.29, 1.82) is 5.26 Å². The van der Waals surface area contributed by atoms with Gasteiger partial charge in [0, 0.05) is 0 Å². The zero-order chi connectivity index (χ0) is 14.4. The number of benzene rings is 1. The molecule has 0 bridgehead atoms. The summed E-state index contributed by atoms with van der Waals surface area (Å²) in [7, 11) is 0. The lowest BCUT2D eigenvalue weighted by Crippen LogP contribution is -2.24. The molecule has 1 nitrogen and oxygen atoms in total. The van der Waals surface area contributed by atoms with Crippen LogP contribution in [0.15, 0.2) is 24.3 Å². The van der Waals surface area contributed by atoms with Crippen molar-refractivity contribution in [2.45, 2.75) is 65.2 Å². The van der Waals surface area contributed by atoms with Crippen LogP contribution in [-0.4, -0.2) is 0 Å². The van der Waals surface area contributed by atoms with Gasteiger partial charge in [0.25, 0.3) is 0 Å². The fraction of sp³-hybridized carbons (Fsp3) is 0.632. The average Bonchev–Trinajstić information content (AvgIpc) is 2.47. The van der Waals surface area contributed by atoms with Crippen molar-refractivity contribution in [2.75, 3.05) is 0 Å². The molecule has 2 rings (SSSR count). The first-order chi connectivity index (χ1) is 9.65. The monoisotopic (exact) mass is 269 g/mol. The van der Waals surface area contributed by atoms with Crippen LogP contribution in [0.4, 0.5) is 0 Å². The Balaban J connectivity index is 1.77. The summed E-state index contributed by atoms with van der Waals surface area (Å²) in [5.74, 6) is 0.913. The van der Waals surface area contributed by atoms with Crippen LogP contribution in [0.25, 0.3) is 0 Å². The van der Waals surface area contributed by atoms with E-state index in [0.29, 0.717) is 5.41 Å². The molecule has 0 atom stereocenters. The van der Waals surface area contributed by atoms with Gasteiger partial charge in [0.15, 0.2) is 0 Å². The highest BCUT2D eigenvalue weighted by Gasteiger charge is 2.29. The number of hydrogen-bond acceptors (Lipinski definition) is 1. The Kier molecular flexibility index (Phi) is 5.24. The van der Waals surface area contributed by atoms with Gasteiger partial charge in [-0.3, -0.25) is 0 Å². The van der Waals surface area contributed by atoms with Gasteiger partial charge in [0.1, 0.15) is 0 Å². The molecule has 1 aromatic rings. The van der Waals surface area contributed by atoms with E-state index in [1.807, 2.05) is 12.1 Å². The van der Waals surface area contributed by atoms with Crippen LogP contribution in [0.3, 0.4) is 0 Å². The molecule has 0 amide bonds. The maximum Gasteiger partial charge on any atom is 0.0991 e. The van der Waals surface area contributed by atoms with Gasteiger partial charge in [-0.05, 0) is 74.0 Å². The maximum absolute atomic E-state index is 8.81. The third-order valence-electron chi connectivity index (χ3n) is 5.09. The fourth-order valence-corrected chi connectivity index (χ4v) is 3.63. The van der Waals surface area contributed by atoms with E-state index >= 15 is 0 Å². The third-order valence-corrected chi connectivity index (χ3v) is 5.09. The Hall–Kier alpha value is -1.29. The number of nitriles is 1. The number of hydrogen-bond donors (Lipinski definition) is 0. The molecule has 0 spiro atoms. The van der Waals surface area contributed by atoms with E-state index in [-0.39, 0.29) is 0 Å². The number of rotatable bonds is 5. The molecule has 1 fully saturated rings.